The molecule has 7 heteroatoms. The molecule has 1 aliphatic rings. The lowest BCUT2D eigenvalue weighted by molar-refractivity contribution is -0.0512. The second kappa shape index (κ2) is 8.57. The van der Waals surface area contributed by atoms with Crippen LogP contribution in [-0.2, 0) is 6.54 Å². The lowest BCUT2D eigenvalue weighted by Crippen LogP contribution is -2.32. The van der Waals surface area contributed by atoms with Crippen LogP contribution in [0.2, 0.25) is 0 Å². The number of hydrogen-bond donors (Lipinski definition) is 0. The molecule has 156 valence electrons. The third-order valence-electron chi connectivity index (χ3n) is 5.06. The number of aromatic nitrogens is 1. The summed E-state index contributed by atoms with van der Waals surface area (Å²) in [6, 6.07) is 16.3. The molecule has 5 nitrogen and oxygen atoms in total. The number of hydrogen-bond acceptors (Lipinski definition) is 3. The summed E-state index contributed by atoms with van der Waals surface area (Å²) < 4.78 is 36.7. The number of halogens is 2. The van der Waals surface area contributed by atoms with Gasteiger partial charge in [0.25, 0.3) is 5.91 Å². The third kappa shape index (κ3) is 4.45. The Hall–Kier alpha value is -3.35. The number of carbonyl (C=O) groups is 1. The Morgan fingerprint density at radius 2 is 1.80 bits per heavy atom. The van der Waals surface area contributed by atoms with Gasteiger partial charge >= 0.3 is 6.61 Å². The van der Waals surface area contributed by atoms with Crippen LogP contribution < -0.4 is 9.47 Å². The van der Waals surface area contributed by atoms with Gasteiger partial charge in [0.1, 0.15) is 0 Å². The number of nitrogens with zero attached hydrogens (tertiary/aromatic N) is 2. The van der Waals surface area contributed by atoms with E-state index in [2.05, 4.69) is 4.74 Å². The van der Waals surface area contributed by atoms with Crippen LogP contribution in [0.1, 0.15) is 28.8 Å². The average molecular weight is 412 g/mol. The molecule has 1 heterocycles. The van der Waals surface area contributed by atoms with Gasteiger partial charge in [-0.25, -0.2) is 0 Å². The molecule has 3 aromatic rings. The van der Waals surface area contributed by atoms with Gasteiger partial charge in [-0.15, -0.1) is 0 Å². The van der Waals surface area contributed by atoms with Gasteiger partial charge in [0.05, 0.1) is 7.11 Å². The molecular weight excluding hydrogens is 390 g/mol. The van der Waals surface area contributed by atoms with Gasteiger partial charge < -0.3 is 18.9 Å². The fourth-order valence-corrected chi connectivity index (χ4v) is 3.40. The minimum atomic E-state index is -2.93. The maximum Gasteiger partial charge on any atom is 0.387 e. The van der Waals surface area contributed by atoms with E-state index < -0.39 is 6.61 Å². The molecule has 30 heavy (non-hydrogen) atoms. The molecular formula is C23H22F2N2O3. The molecule has 0 unspecified atom stereocenters. The van der Waals surface area contributed by atoms with Crippen LogP contribution in [0.4, 0.5) is 8.78 Å². The van der Waals surface area contributed by atoms with E-state index in [-0.39, 0.29) is 23.4 Å². The first-order valence-corrected chi connectivity index (χ1v) is 9.71. The number of rotatable bonds is 8. The molecule has 1 saturated carbocycles. The number of ether oxygens (including phenoxy) is 2. The summed E-state index contributed by atoms with van der Waals surface area (Å²) in [6.45, 7) is -2.56. The summed E-state index contributed by atoms with van der Waals surface area (Å²) in [7, 11) is 1.40. The minimum absolute atomic E-state index is 0.0267. The highest BCUT2D eigenvalue weighted by Gasteiger charge is 2.33. The van der Waals surface area contributed by atoms with Crippen LogP contribution in [0.5, 0.6) is 11.5 Å². The number of alkyl halides is 2. The second-order valence-electron chi connectivity index (χ2n) is 7.17. The average Bonchev–Trinajstić information content (AvgIpc) is 3.44. The first kappa shape index (κ1) is 19.9. The topological polar surface area (TPSA) is 43.7 Å². The predicted octanol–water partition coefficient (Wildman–Crippen LogP) is 4.89. The molecule has 0 bridgehead atoms. The van der Waals surface area contributed by atoms with Crippen molar-refractivity contribution in [2.45, 2.75) is 32.0 Å². The SMILES string of the molecule is COc1cc(CN(C(=O)c2ccc(-n3cccc3)cc2)C2CC2)ccc1OC(F)F. The lowest BCUT2D eigenvalue weighted by atomic mass is 10.1. The van der Waals surface area contributed by atoms with Crippen LogP contribution in [0.25, 0.3) is 5.69 Å². The van der Waals surface area contributed by atoms with Crippen molar-refractivity contribution in [3.8, 4) is 17.2 Å². The van der Waals surface area contributed by atoms with Crippen molar-refractivity contribution in [2.75, 3.05) is 7.11 Å². The number of methoxy groups -OCH3 is 1. The van der Waals surface area contributed by atoms with Crippen LogP contribution in [-0.4, -0.2) is 35.1 Å². The van der Waals surface area contributed by atoms with Crippen molar-refractivity contribution in [1.29, 1.82) is 0 Å². The summed E-state index contributed by atoms with van der Waals surface area (Å²) in [6.07, 6.45) is 5.80. The zero-order valence-corrected chi connectivity index (χ0v) is 16.5. The van der Waals surface area contributed by atoms with Crippen molar-refractivity contribution in [2.24, 2.45) is 0 Å². The van der Waals surface area contributed by atoms with Crippen LogP contribution >= 0.6 is 0 Å². The highest BCUT2D eigenvalue weighted by molar-refractivity contribution is 5.94. The summed E-state index contributed by atoms with van der Waals surface area (Å²) in [5.74, 6) is 0.136. The molecule has 0 spiro atoms. The van der Waals surface area contributed by atoms with Crippen molar-refractivity contribution in [1.82, 2.24) is 9.47 Å². The molecule has 0 saturated heterocycles. The van der Waals surface area contributed by atoms with E-state index in [1.807, 2.05) is 58.3 Å². The summed E-state index contributed by atoms with van der Waals surface area (Å²) in [5, 5.41) is 0. The van der Waals surface area contributed by atoms with E-state index in [0.717, 1.165) is 24.1 Å². The maximum absolute atomic E-state index is 13.2. The highest BCUT2D eigenvalue weighted by Crippen LogP contribution is 2.33. The quantitative estimate of drug-likeness (QED) is 0.529. The predicted molar refractivity (Wildman–Crippen MR) is 108 cm³/mol. The second-order valence-corrected chi connectivity index (χ2v) is 7.17. The van der Waals surface area contributed by atoms with E-state index in [1.165, 1.54) is 13.2 Å². The van der Waals surface area contributed by atoms with E-state index in [4.69, 9.17) is 4.74 Å². The zero-order valence-electron chi connectivity index (χ0n) is 16.5. The Bertz CT molecular complexity index is 1000. The fraction of sp³-hybridized carbons (Fsp3) is 0.261. The van der Waals surface area contributed by atoms with Crippen molar-refractivity contribution in [3.05, 3.63) is 78.1 Å². The summed E-state index contributed by atoms with van der Waals surface area (Å²) >= 11 is 0. The molecule has 1 amide bonds. The first-order chi connectivity index (χ1) is 14.5. The molecule has 1 aliphatic carbocycles. The molecule has 0 radical (unpaired) electrons. The number of benzene rings is 2. The van der Waals surface area contributed by atoms with Gasteiger partial charge in [-0.05, 0) is 66.9 Å². The minimum Gasteiger partial charge on any atom is -0.493 e. The largest absolute Gasteiger partial charge is 0.493 e. The Kier molecular flexibility index (Phi) is 5.70. The van der Waals surface area contributed by atoms with E-state index in [0.29, 0.717) is 12.1 Å². The first-order valence-electron chi connectivity index (χ1n) is 9.71. The van der Waals surface area contributed by atoms with Gasteiger partial charge in [-0.2, -0.15) is 8.78 Å². The Labute approximate surface area is 173 Å². The van der Waals surface area contributed by atoms with Gasteiger partial charge in [0, 0.05) is 36.2 Å². The van der Waals surface area contributed by atoms with Crippen LogP contribution in [0, 0.1) is 0 Å². The molecule has 1 fully saturated rings. The van der Waals surface area contributed by atoms with E-state index >= 15 is 0 Å². The number of amides is 1. The molecule has 0 aliphatic heterocycles. The lowest BCUT2D eigenvalue weighted by Gasteiger charge is -2.23. The Balaban J connectivity index is 1.52. The monoisotopic (exact) mass is 412 g/mol. The van der Waals surface area contributed by atoms with Gasteiger partial charge in [-0.3, -0.25) is 4.79 Å². The highest BCUT2D eigenvalue weighted by atomic mass is 19.3. The molecule has 2 aromatic carbocycles. The van der Waals surface area contributed by atoms with Gasteiger partial charge in [0.2, 0.25) is 0 Å². The van der Waals surface area contributed by atoms with Gasteiger partial charge in [-0.1, -0.05) is 6.07 Å². The van der Waals surface area contributed by atoms with Crippen LogP contribution in [0.15, 0.2) is 67.0 Å². The van der Waals surface area contributed by atoms with Gasteiger partial charge in [0.15, 0.2) is 11.5 Å². The third-order valence-corrected chi connectivity index (χ3v) is 5.06. The maximum atomic E-state index is 13.2. The Morgan fingerprint density at radius 1 is 1.10 bits per heavy atom. The van der Waals surface area contributed by atoms with Crippen molar-refractivity contribution >= 4 is 5.91 Å². The van der Waals surface area contributed by atoms with E-state index in [9.17, 15) is 13.6 Å². The fourth-order valence-electron chi connectivity index (χ4n) is 3.40. The molecule has 1 aromatic heterocycles. The normalized spacial score (nSPS) is 13.3. The van der Waals surface area contributed by atoms with Crippen molar-refractivity contribution in [3.63, 3.8) is 0 Å². The molecule has 0 N–H and O–H groups in total. The van der Waals surface area contributed by atoms with E-state index in [1.54, 1.807) is 12.1 Å². The molecule has 4 rings (SSSR count). The standard InChI is InChI=1S/C23H22F2N2O3/c1-29-21-14-16(4-11-20(21)30-23(24)25)15-27(19-9-10-19)22(28)17-5-7-18(8-6-17)26-12-2-3-13-26/h2-8,11-14,19,23H,9-10,15H2,1H3. The smallest absolute Gasteiger partial charge is 0.387 e. The van der Waals surface area contributed by atoms with Crippen LogP contribution in [0.3, 0.4) is 0 Å². The molecule has 0 atom stereocenters. The van der Waals surface area contributed by atoms with Crippen molar-refractivity contribution < 1.29 is 23.0 Å². The summed E-state index contributed by atoms with van der Waals surface area (Å²) in [4.78, 5) is 15.0. The zero-order chi connectivity index (χ0) is 21.1. The Morgan fingerprint density at radius 3 is 2.40 bits per heavy atom. The summed E-state index contributed by atoms with van der Waals surface area (Å²) in [5.41, 5.74) is 2.38. The number of carbonyl (C=O) groups excluding carboxylic acids is 1.